The van der Waals surface area contributed by atoms with Gasteiger partial charge in [0.1, 0.15) is 0 Å². The Bertz CT molecular complexity index is 388. The molecule has 0 aromatic rings. The quantitative estimate of drug-likeness (QED) is 0.702. The largest absolute Gasteiger partial charge is 0.379 e. The van der Waals surface area contributed by atoms with Crippen LogP contribution in [0, 0.1) is 11.3 Å². The Kier molecular flexibility index (Phi) is 6.81. The van der Waals surface area contributed by atoms with Gasteiger partial charge in [0.25, 0.3) is 0 Å². The molecular weight excluding hydrogens is 310 g/mol. The lowest BCUT2D eigenvalue weighted by Gasteiger charge is -2.52. The normalized spacial score (nSPS) is 26.6. The first kappa shape index (κ1) is 19.6. The number of ether oxygens (including phenoxy) is 1. The van der Waals surface area contributed by atoms with Gasteiger partial charge in [0, 0.05) is 51.9 Å². The molecule has 2 saturated heterocycles. The van der Waals surface area contributed by atoms with Crippen LogP contribution >= 0.6 is 0 Å². The number of hydrogen-bond donors (Lipinski definition) is 0. The Morgan fingerprint density at radius 2 is 1.40 bits per heavy atom. The monoisotopic (exact) mass is 351 g/mol. The van der Waals surface area contributed by atoms with Crippen LogP contribution in [0.25, 0.3) is 0 Å². The molecular formula is C21H41N3O. The third-order valence-corrected chi connectivity index (χ3v) is 6.89. The van der Waals surface area contributed by atoms with E-state index >= 15 is 0 Å². The summed E-state index contributed by atoms with van der Waals surface area (Å²) in [5.74, 6) is 0.839. The van der Waals surface area contributed by atoms with Crippen molar-refractivity contribution in [2.75, 3.05) is 59.0 Å². The van der Waals surface area contributed by atoms with E-state index in [0.29, 0.717) is 17.6 Å². The fraction of sp³-hybridized carbons (Fsp3) is 1.00. The predicted molar refractivity (Wildman–Crippen MR) is 105 cm³/mol. The maximum atomic E-state index is 5.81. The molecule has 0 unspecified atom stereocenters. The van der Waals surface area contributed by atoms with Gasteiger partial charge in [0.2, 0.25) is 0 Å². The van der Waals surface area contributed by atoms with Gasteiger partial charge in [-0.1, -0.05) is 0 Å². The molecule has 0 aromatic heterocycles. The highest BCUT2D eigenvalue weighted by molar-refractivity contribution is 4.97. The van der Waals surface area contributed by atoms with Gasteiger partial charge >= 0.3 is 0 Å². The summed E-state index contributed by atoms with van der Waals surface area (Å²) in [6.07, 6.45) is 6.08. The summed E-state index contributed by atoms with van der Waals surface area (Å²) in [4.78, 5) is 8.00. The zero-order valence-electron chi connectivity index (χ0n) is 17.2. The van der Waals surface area contributed by atoms with Crippen molar-refractivity contribution in [3.05, 3.63) is 0 Å². The van der Waals surface area contributed by atoms with E-state index < -0.39 is 0 Å². The van der Waals surface area contributed by atoms with E-state index in [-0.39, 0.29) is 0 Å². The van der Waals surface area contributed by atoms with Crippen molar-refractivity contribution < 1.29 is 4.74 Å². The summed E-state index contributed by atoms with van der Waals surface area (Å²) in [6, 6.07) is 0.706. The zero-order valence-corrected chi connectivity index (χ0v) is 17.2. The van der Waals surface area contributed by atoms with Crippen molar-refractivity contribution in [1.82, 2.24) is 14.7 Å². The summed E-state index contributed by atoms with van der Waals surface area (Å²) < 4.78 is 5.81. The second-order valence-electron chi connectivity index (χ2n) is 9.47. The molecule has 0 amide bonds. The van der Waals surface area contributed by atoms with Gasteiger partial charge < -0.3 is 9.64 Å². The number of hydrogen-bond acceptors (Lipinski definition) is 4. The number of piperidine rings is 1. The molecule has 0 bridgehead atoms. The SMILES string of the molecule is CC(C)OCC1CC2(CCN(CCN3CCN(C(C)C)CC3)CC2)C1. The van der Waals surface area contributed by atoms with Gasteiger partial charge in [-0.2, -0.15) is 0 Å². The molecule has 3 fully saturated rings. The molecule has 4 heteroatoms. The first-order valence-electron chi connectivity index (χ1n) is 10.8. The fourth-order valence-electron chi connectivity index (χ4n) is 5.06. The van der Waals surface area contributed by atoms with Gasteiger partial charge in [0.05, 0.1) is 6.10 Å². The van der Waals surface area contributed by atoms with Crippen molar-refractivity contribution >= 4 is 0 Å². The van der Waals surface area contributed by atoms with Crippen LogP contribution in [-0.2, 0) is 4.74 Å². The Balaban J connectivity index is 1.28. The highest BCUT2D eigenvalue weighted by atomic mass is 16.5. The van der Waals surface area contributed by atoms with Crippen molar-refractivity contribution in [2.45, 2.75) is 65.5 Å². The Labute approximate surface area is 155 Å². The van der Waals surface area contributed by atoms with Crippen molar-refractivity contribution in [1.29, 1.82) is 0 Å². The lowest BCUT2D eigenvalue weighted by atomic mass is 9.58. The van der Waals surface area contributed by atoms with Crippen LogP contribution < -0.4 is 0 Å². The predicted octanol–water partition coefficient (Wildman–Crippen LogP) is 2.93. The standard InChI is InChI=1S/C21H41N3O/c1-18(2)24-13-11-23(12-14-24)10-9-22-7-5-21(6-8-22)15-20(16-21)17-25-19(3)4/h18-20H,5-17H2,1-4H3. The molecule has 3 aliphatic rings. The third kappa shape index (κ3) is 5.41. The molecule has 0 N–H and O–H groups in total. The highest BCUT2D eigenvalue weighted by Gasteiger charge is 2.45. The maximum Gasteiger partial charge on any atom is 0.0519 e. The lowest BCUT2D eigenvalue weighted by Crippen LogP contribution is -2.52. The van der Waals surface area contributed by atoms with Crippen LogP contribution in [0.4, 0.5) is 0 Å². The molecule has 0 atom stereocenters. The third-order valence-electron chi connectivity index (χ3n) is 6.89. The fourth-order valence-corrected chi connectivity index (χ4v) is 5.06. The molecule has 1 spiro atoms. The number of likely N-dealkylation sites (tertiary alicyclic amines) is 1. The molecule has 146 valence electrons. The zero-order chi connectivity index (χ0) is 17.9. The summed E-state index contributed by atoms with van der Waals surface area (Å²) in [5.41, 5.74) is 0.685. The molecule has 0 aromatic carbocycles. The Morgan fingerprint density at radius 1 is 0.840 bits per heavy atom. The molecule has 3 rings (SSSR count). The van der Waals surface area contributed by atoms with E-state index in [2.05, 4.69) is 42.4 Å². The highest BCUT2D eigenvalue weighted by Crippen LogP contribution is 2.52. The van der Waals surface area contributed by atoms with Gasteiger partial charge in [-0.05, 0) is 77.8 Å². The van der Waals surface area contributed by atoms with Gasteiger partial charge in [-0.15, -0.1) is 0 Å². The smallest absolute Gasteiger partial charge is 0.0519 e. The second kappa shape index (κ2) is 8.69. The van der Waals surface area contributed by atoms with E-state index in [1.54, 1.807) is 0 Å². The number of piperazine rings is 1. The van der Waals surface area contributed by atoms with Crippen LogP contribution in [0.2, 0.25) is 0 Å². The van der Waals surface area contributed by atoms with E-state index in [1.807, 2.05) is 0 Å². The molecule has 0 radical (unpaired) electrons. The van der Waals surface area contributed by atoms with Gasteiger partial charge in [0.15, 0.2) is 0 Å². The molecule has 2 aliphatic heterocycles. The minimum Gasteiger partial charge on any atom is -0.379 e. The second-order valence-corrected chi connectivity index (χ2v) is 9.47. The van der Waals surface area contributed by atoms with E-state index in [1.165, 1.54) is 78.0 Å². The topological polar surface area (TPSA) is 19.0 Å². The number of nitrogens with zero attached hydrogens (tertiary/aromatic N) is 3. The van der Waals surface area contributed by atoms with E-state index in [9.17, 15) is 0 Å². The van der Waals surface area contributed by atoms with Gasteiger partial charge in [-0.3, -0.25) is 9.80 Å². The maximum absolute atomic E-state index is 5.81. The molecule has 1 saturated carbocycles. The van der Waals surface area contributed by atoms with Crippen molar-refractivity contribution in [2.24, 2.45) is 11.3 Å². The molecule has 25 heavy (non-hydrogen) atoms. The van der Waals surface area contributed by atoms with E-state index in [4.69, 9.17) is 4.74 Å². The average Bonchev–Trinajstić information content (AvgIpc) is 2.57. The minimum atomic E-state index is 0.390. The van der Waals surface area contributed by atoms with Crippen LogP contribution in [0.3, 0.4) is 0 Å². The Morgan fingerprint density at radius 3 is 1.92 bits per heavy atom. The first-order valence-corrected chi connectivity index (χ1v) is 10.8. The summed E-state index contributed by atoms with van der Waals surface area (Å²) in [6.45, 7) is 20.1. The number of rotatable bonds is 7. The molecule has 1 aliphatic carbocycles. The summed E-state index contributed by atoms with van der Waals surface area (Å²) in [5, 5.41) is 0. The van der Waals surface area contributed by atoms with Crippen molar-refractivity contribution in [3.63, 3.8) is 0 Å². The molecule has 4 nitrogen and oxygen atoms in total. The van der Waals surface area contributed by atoms with Crippen LogP contribution in [0.1, 0.15) is 53.4 Å². The van der Waals surface area contributed by atoms with Crippen LogP contribution in [0.5, 0.6) is 0 Å². The molecule has 2 heterocycles. The summed E-state index contributed by atoms with van der Waals surface area (Å²) >= 11 is 0. The van der Waals surface area contributed by atoms with Crippen molar-refractivity contribution in [3.8, 4) is 0 Å². The van der Waals surface area contributed by atoms with Crippen LogP contribution in [0.15, 0.2) is 0 Å². The first-order chi connectivity index (χ1) is 12.0. The van der Waals surface area contributed by atoms with Crippen LogP contribution in [-0.4, -0.2) is 85.8 Å². The average molecular weight is 352 g/mol. The lowest BCUT2D eigenvalue weighted by molar-refractivity contribution is -0.0617. The summed E-state index contributed by atoms with van der Waals surface area (Å²) in [7, 11) is 0. The Hall–Kier alpha value is -0.160. The van der Waals surface area contributed by atoms with Gasteiger partial charge in [-0.25, -0.2) is 0 Å². The minimum absolute atomic E-state index is 0.390. The van der Waals surface area contributed by atoms with E-state index in [0.717, 1.165) is 12.5 Å².